The topological polar surface area (TPSA) is 29.3 Å². The third kappa shape index (κ3) is 2.88. The van der Waals surface area contributed by atoms with Crippen molar-refractivity contribution in [1.82, 2.24) is 4.90 Å². The summed E-state index contributed by atoms with van der Waals surface area (Å²) in [5, 5.41) is 0. The van der Waals surface area contributed by atoms with E-state index in [1.165, 1.54) is 30.6 Å². The van der Waals surface area contributed by atoms with Crippen molar-refractivity contribution in [2.24, 2.45) is 11.7 Å². The minimum Gasteiger partial charge on any atom is -0.326 e. The predicted molar refractivity (Wildman–Crippen MR) is 72.9 cm³/mol. The van der Waals surface area contributed by atoms with Crippen LogP contribution in [-0.2, 0) is 0 Å². The summed E-state index contributed by atoms with van der Waals surface area (Å²) in [6.45, 7) is 8.96. The first-order chi connectivity index (χ1) is 8.08. The van der Waals surface area contributed by atoms with Gasteiger partial charge < -0.3 is 5.73 Å². The summed E-state index contributed by atoms with van der Waals surface area (Å²) in [7, 11) is 0. The Morgan fingerprint density at radius 2 is 2.18 bits per heavy atom. The van der Waals surface area contributed by atoms with Gasteiger partial charge >= 0.3 is 0 Å². The lowest BCUT2D eigenvalue weighted by molar-refractivity contribution is 0.213. The molecule has 3 unspecified atom stereocenters. The normalized spacial score (nSPS) is 24.8. The molecular formula is C15H24N2. The van der Waals surface area contributed by atoms with Crippen molar-refractivity contribution >= 4 is 0 Å². The Morgan fingerprint density at radius 3 is 2.71 bits per heavy atom. The zero-order valence-corrected chi connectivity index (χ0v) is 11.2. The van der Waals surface area contributed by atoms with Crippen LogP contribution >= 0.6 is 0 Å². The first kappa shape index (κ1) is 12.6. The summed E-state index contributed by atoms with van der Waals surface area (Å²) in [4.78, 5) is 2.55. The molecule has 1 aromatic rings. The van der Waals surface area contributed by atoms with Crippen molar-refractivity contribution in [1.29, 1.82) is 0 Å². The quantitative estimate of drug-likeness (QED) is 0.868. The molecule has 2 nitrogen and oxygen atoms in total. The molecule has 2 heteroatoms. The molecule has 2 N–H and O–H groups in total. The number of nitrogens with two attached hydrogens (primary N) is 1. The lowest BCUT2D eigenvalue weighted by atomic mass is 9.98. The number of benzene rings is 1. The Balaban J connectivity index is 2.23. The van der Waals surface area contributed by atoms with E-state index < -0.39 is 0 Å². The molecule has 94 valence electrons. The summed E-state index contributed by atoms with van der Waals surface area (Å²) in [6.07, 6.45) is 1.30. The summed E-state index contributed by atoms with van der Waals surface area (Å²) >= 11 is 0. The van der Waals surface area contributed by atoms with Crippen molar-refractivity contribution in [3.63, 3.8) is 0 Å². The van der Waals surface area contributed by atoms with Crippen LogP contribution in [0.5, 0.6) is 0 Å². The molecule has 3 atom stereocenters. The first-order valence-corrected chi connectivity index (χ1v) is 6.64. The summed E-state index contributed by atoms with van der Waals surface area (Å²) in [5.74, 6) is 0.807. The number of likely N-dealkylation sites (tertiary alicyclic amines) is 1. The van der Waals surface area contributed by atoms with Crippen LogP contribution in [0.25, 0.3) is 0 Å². The van der Waals surface area contributed by atoms with Crippen LogP contribution in [0.1, 0.15) is 37.4 Å². The number of nitrogens with zero attached hydrogens (tertiary/aromatic N) is 1. The Bertz CT molecular complexity index is 373. The molecule has 0 saturated carbocycles. The zero-order valence-electron chi connectivity index (χ0n) is 11.2. The summed E-state index contributed by atoms with van der Waals surface area (Å²) in [5.41, 5.74) is 8.89. The maximum Gasteiger partial charge on any atom is 0.0496 e. The second kappa shape index (κ2) is 5.19. The number of hydrogen-bond acceptors (Lipinski definition) is 2. The highest BCUT2D eigenvalue weighted by Crippen LogP contribution is 2.29. The predicted octanol–water partition coefficient (Wildman–Crippen LogP) is 2.73. The third-order valence-corrected chi connectivity index (χ3v) is 3.73. The van der Waals surface area contributed by atoms with Gasteiger partial charge in [-0.1, -0.05) is 36.8 Å². The van der Waals surface area contributed by atoms with Crippen molar-refractivity contribution in [3.8, 4) is 0 Å². The smallest absolute Gasteiger partial charge is 0.0496 e. The van der Waals surface area contributed by atoms with E-state index in [2.05, 4.69) is 49.9 Å². The van der Waals surface area contributed by atoms with Crippen LogP contribution in [0.4, 0.5) is 0 Å². The summed E-state index contributed by atoms with van der Waals surface area (Å²) in [6, 6.07) is 9.33. The molecule has 0 amide bonds. The van der Waals surface area contributed by atoms with Crippen LogP contribution in [0.15, 0.2) is 24.3 Å². The third-order valence-electron chi connectivity index (χ3n) is 3.73. The molecule has 17 heavy (non-hydrogen) atoms. The monoisotopic (exact) mass is 232 g/mol. The Morgan fingerprint density at radius 1 is 1.41 bits per heavy atom. The van der Waals surface area contributed by atoms with Gasteiger partial charge in [-0.15, -0.1) is 0 Å². The van der Waals surface area contributed by atoms with Gasteiger partial charge in [0.15, 0.2) is 0 Å². The summed E-state index contributed by atoms with van der Waals surface area (Å²) < 4.78 is 0. The molecule has 0 aromatic heterocycles. The van der Waals surface area contributed by atoms with Crippen LogP contribution in [-0.4, -0.2) is 24.0 Å². The number of aryl methyl sites for hydroxylation is 1. The Labute approximate surface area is 105 Å². The minimum absolute atomic E-state index is 0.182. The maximum absolute atomic E-state index is 6.20. The van der Waals surface area contributed by atoms with E-state index in [1.807, 2.05) is 0 Å². The highest BCUT2D eigenvalue weighted by Gasteiger charge is 2.29. The molecule has 1 heterocycles. The van der Waals surface area contributed by atoms with E-state index in [0.717, 1.165) is 5.92 Å². The Hall–Kier alpha value is -0.860. The molecule has 1 aromatic carbocycles. The van der Waals surface area contributed by atoms with E-state index in [1.54, 1.807) is 0 Å². The van der Waals surface area contributed by atoms with E-state index >= 15 is 0 Å². The van der Waals surface area contributed by atoms with E-state index in [9.17, 15) is 0 Å². The molecule has 0 spiro atoms. The molecular weight excluding hydrogens is 208 g/mol. The average Bonchev–Trinajstić information content (AvgIpc) is 2.64. The van der Waals surface area contributed by atoms with Crippen LogP contribution in [0, 0.1) is 12.8 Å². The van der Waals surface area contributed by atoms with E-state index in [0.29, 0.717) is 6.04 Å². The van der Waals surface area contributed by atoms with Crippen molar-refractivity contribution in [2.75, 3.05) is 13.1 Å². The fourth-order valence-corrected chi connectivity index (χ4v) is 2.92. The van der Waals surface area contributed by atoms with Gasteiger partial charge in [0, 0.05) is 18.6 Å². The second-order valence-electron chi connectivity index (χ2n) is 5.61. The second-order valence-corrected chi connectivity index (χ2v) is 5.61. The molecule has 1 fully saturated rings. The van der Waals surface area contributed by atoms with E-state index in [-0.39, 0.29) is 6.04 Å². The fourth-order valence-electron chi connectivity index (χ4n) is 2.92. The molecule has 0 radical (unpaired) electrons. The molecule has 2 rings (SSSR count). The van der Waals surface area contributed by atoms with Crippen LogP contribution < -0.4 is 5.73 Å². The molecule has 1 saturated heterocycles. The molecule has 0 bridgehead atoms. The van der Waals surface area contributed by atoms with Gasteiger partial charge in [-0.2, -0.15) is 0 Å². The van der Waals surface area contributed by atoms with Gasteiger partial charge in [-0.05, 0) is 38.3 Å². The highest BCUT2D eigenvalue weighted by atomic mass is 15.2. The largest absolute Gasteiger partial charge is 0.326 e. The van der Waals surface area contributed by atoms with Crippen LogP contribution in [0.2, 0.25) is 0 Å². The fraction of sp³-hybridized carbons (Fsp3) is 0.600. The highest BCUT2D eigenvalue weighted by molar-refractivity contribution is 5.26. The molecule has 1 aliphatic heterocycles. The molecule has 0 aliphatic carbocycles. The SMILES string of the molecule is Cc1cccc(C(C(C)N)N2CCC(C)C2)c1. The lowest BCUT2D eigenvalue weighted by Gasteiger charge is -2.31. The van der Waals surface area contributed by atoms with Crippen LogP contribution in [0.3, 0.4) is 0 Å². The van der Waals surface area contributed by atoms with Gasteiger partial charge in [0.1, 0.15) is 0 Å². The van der Waals surface area contributed by atoms with Gasteiger partial charge in [-0.25, -0.2) is 0 Å². The minimum atomic E-state index is 0.182. The molecule has 1 aliphatic rings. The van der Waals surface area contributed by atoms with Crippen molar-refractivity contribution in [3.05, 3.63) is 35.4 Å². The van der Waals surface area contributed by atoms with Crippen molar-refractivity contribution in [2.45, 2.75) is 39.3 Å². The van der Waals surface area contributed by atoms with Crippen molar-refractivity contribution < 1.29 is 0 Å². The van der Waals surface area contributed by atoms with Gasteiger partial charge in [-0.3, -0.25) is 4.90 Å². The number of rotatable bonds is 3. The van der Waals surface area contributed by atoms with Gasteiger partial charge in [0.25, 0.3) is 0 Å². The average molecular weight is 232 g/mol. The first-order valence-electron chi connectivity index (χ1n) is 6.64. The standard InChI is InChI=1S/C15H24N2/c1-11-5-4-6-14(9-11)15(13(3)16)17-8-7-12(2)10-17/h4-6,9,12-13,15H,7-8,10,16H2,1-3H3. The van der Waals surface area contributed by atoms with Gasteiger partial charge in [0.2, 0.25) is 0 Å². The van der Waals surface area contributed by atoms with E-state index in [4.69, 9.17) is 5.73 Å². The number of hydrogen-bond donors (Lipinski definition) is 1. The Kier molecular flexibility index (Phi) is 3.85. The van der Waals surface area contributed by atoms with Gasteiger partial charge in [0.05, 0.1) is 0 Å². The lowest BCUT2D eigenvalue weighted by Crippen LogP contribution is -2.38. The maximum atomic E-state index is 6.20. The zero-order chi connectivity index (χ0) is 12.4.